The van der Waals surface area contributed by atoms with Crippen LogP contribution in [0.15, 0.2) is 0 Å². The molecule has 0 aliphatic carbocycles. The van der Waals surface area contributed by atoms with Crippen LogP contribution in [0.5, 0.6) is 0 Å². The van der Waals surface area contributed by atoms with Crippen molar-refractivity contribution in [1.82, 2.24) is 10.6 Å². The number of hydrogen-bond donors (Lipinski definition) is 5. The fourth-order valence-electron chi connectivity index (χ4n) is 0.415. The minimum atomic E-state index is -0.0463. The third-order valence-electron chi connectivity index (χ3n) is 0.863. The van der Waals surface area contributed by atoms with E-state index in [1.807, 2.05) is 20.8 Å². The van der Waals surface area contributed by atoms with Crippen molar-refractivity contribution in [3.05, 3.63) is 0 Å². The molecule has 0 aromatic rings. The van der Waals surface area contributed by atoms with E-state index >= 15 is 0 Å². The van der Waals surface area contributed by atoms with Crippen LogP contribution < -0.4 is 27.8 Å². The van der Waals surface area contributed by atoms with E-state index in [1.54, 1.807) is 0 Å². The van der Waals surface area contributed by atoms with Crippen LogP contribution in [0.2, 0.25) is 0 Å². The van der Waals surface area contributed by atoms with Gasteiger partial charge in [0.05, 0.1) is 0 Å². The quantitative estimate of drug-likeness (QED) is 0.386. The topological polar surface area (TPSA) is 119 Å². The first-order chi connectivity index (χ1) is 6.81. The van der Waals surface area contributed by atoms with Gasteiger partial charge in [-0.25, -0.2) is 4.79 Å². The van der Waals surface area contributed by atoms with Crippen molar-refractivity contribution in [3.63, 3.8) is 0 Å². The Bertz CT molecular complexity index is 139. The molecule has 0 saturated carbocycles. The van der Waals surface area contributed by atoms with Crippen LogP contribution in [0.3, 0.4) is 0 Å². The third kappa shape index (κ3) is 32.0. The van der Waals surface area contributed by atoms with Gasteiger partial charge in [0.2, 0.25) is 0 Å². The zero-order valence-electron chi connectivity index (χ0n) is 9.97. The number of hydrogen-bond acceptors (Lipinski definition) is 4. The van der Waals surface area contributed by atoms with Gasteiger partial charge in [-0.2, -0.15) is 0 Å². The van der Waals surface area contributed by atoms with Gasteiger partial charge >= 0.3 is 6.03 Å². The molecule has 92 valence electrons. The molecule has 0 atom stereocenters. The summed E-state index contributed by atoms with van der Waals surface area (Å²) in [5.74, 6) is 0. The molecule has 15 heavy (non-hydrogen) atoms. The molecule has 0 aromatic carbocycles. The second kappa shape index (κ2) is 9.70. The van der Waals surface area contributed by atoms with Gasteiger partial charge in [-0.1, -0.05) is 0 Å². The fraction of sp³-hybridized carbons (Fsp3) is 0.889. The van der Waals surface area contributed by atoms with E-state index < -0.39 is 0 Å². The molecule has 0 radical (unpaired) electrons. The lowest BCUT2D eigenvalue weighted by Gasteiger charge is -2.06. The second-order valence-corrected chi connectivity index (χ2v) is 4.13. The van der Waals surface area contributed by atoms with Crippen LogP contribution in [0.4, 0.5) is 4.79 Å². The maximum atomic E-state index is 10.0. The first kappa shape index (κ1) is 16.6. The molecule has 8 N–H and O–H groups in total. The van der Waals surface area contributed by atoms with Crippen LogP contribution in [-0.2, 0) is 0 Å². The Morgan fingerprint density at radius 2 is 1.40 bits per heavy atom. The SMILES string of the molecule is CC(C)(C)N.NCCN.O=C1NCCN1. The van der Waals surface area contributed by atoms with E-state index in [0.29, 0.717) is 13.1 Å². The number of amides is 2. The molecule has 0 spiro atoms. The second-order valence-electron chi connectivity index (χ2n) is 4.13. The highest BCUT2D eigenvalue weighted by molar-refractivity contribution is 5.75. The molecule has 1 fully saturated rings. The van der Waals surface area contributed by atoms with Crippen LogP contribution in [0.1, 0.15) is 20.8 Å². The Hall–Kier alpha value is -0.850. The van der Waals surface area contributed by atoms with Gasteiger partial charge in [-0.3, -0.25) is 0 Å². The summed E-state index contributed by atoms with van der Waals surface area (Å²) in [4.78, 5) is 10.0. The highest BCUT2D eigenvalue weighted by Gasteiger charge is 2.03. The number of rotatable bonds is 1. The van der Waals surface area contributed by atoms with Crippen molar-refractivity contribution in [2.24, 2.45) is 17.2 Å². The smallest absolute Gasteiger partial charge is 0.314 e. The number of urea groups is 1. The highest BCUT2D eigenvalue weighted by Crippen LogP contribution is 1.88. The molecule has 0 bridgehead atoms. The van der Waals surface area contributed by atoms with Gasteiger partial charge in [0, 0.05) is 31.7 Å². The van der Waals surface area contributed by atoms with Crippen molar-refractivity contribution in [2.45, 2.75) is 26.3 Å². The molecule has 6 heteroatoms. The Morgan fingerprint density at radius 3 is 1.47 bits per heavy atom. The number of nitrogens with one attached hydrogen (secondary N) is 2. The van der Waals surface area contributed by atoms with E-state index in [2.05, 4.69) is 10.6 Å². The van der Waals surface area contributed by atoms with E-state index in [1.165, 1.54) is 0 Å². The molecule has 1 saturated heterocycles. The maximum Gasteiger partial charge on any atom is 0.314 e. The van der Waals surface area contributed by atoms with Crippen LogP contribution in [0, 0.1) is 0 Å². The van der Waals surface area contributed by atoms with E-state index in [9.17, 15) is 4.79 Å². The monoisotopic (exact) mass is 219 g/mol. The van der Waals surface area contributed by atoms with Gasteiger partial charge in [0.25, 0.3) is 0 Å². The predicted octanol–water partition coefficient (Wildman–Crippen LogP) is -1.05. The predicted molar refractivity (Wildman–Crippen MR) is 63.5 cm³/mol. The largest absolute Gasteiger partial charge is 0.336 e. The van der Waals surface area contributed by atoms with Gasteiger partial charge in [0.15, 0.2) is 0 Å². The van der Waals surface area contributed by atoms with Gasteiger partial charge < -0.3 is 27.8 Å². The summed E-state index contributed by atoms with van der Waals surface area (Å²) in [6.45, 7) is 8.64. The molecular formula is C9H25N5O. The zero-order chi connectivity index (χ0) is 12.3. The first-order valence-electron chi connectivity index (χ1n) is 5.02. The molecule has 0 aromatic heterocycles. The van der Waals surface area contributed by atoms with Crippen molar-refractivity contribution in [2.75, 3.05) is 26.2 Å². The summed E-state index contributed by atoms with van der Waals surface area (Å²) in [6, 6.07) is -0.0463. The minimum Gasteiger partial charge on any atom is -0.336 e. The molecular weight excluding hydrogens is 194 g/mol. The average Bonchev–Trinajstić information content (AvgIpc) is 2.53. The Morgan fingerprint density at radius 1 is 1.13 bits per heavy atom. The third-order valence-corrected chi connectivity index (χ3v) is 0.863. The lowest BCUT2D eigenvalue weighted by molar-refractivity contribution is 0.248. The van der Waals surface area contributed by atoms with Crippen LogP contribution >= 0.6 is 0 Å². The van der Waals surface area contributed by atoms with E-state index in [0.717, 1.165) is 13.1 Å². The number of carbonyl (C=O) groups is 1. The zero-order valence-corrected chi connectivity index (χ0v) is 9.97. The summed E-state index contributed by atoms with van der Waals surface area (Å²) < 4.78 is 0. The Labute approximate surface area is 91.9 Å². The molecule has 1 aliphatic rings. The average molecular weight is 219 g/mol. The lowest BCUT2D eigenvalue weighted by atomic mass is 10.1. The van der Waals surface area contributed by atoms with Crippen LogP contribution in [-0.4, -0.2) is 37.7 Å². The summed E-state index contributed by atoms with van der Waals surface area (Å²) in [7, 11) is 0. The molecule has 1 rings (SSSR count). The minimum absolute atomic E-state index is 0. The Balaban J connectivity index is 0. The van der Waals surface area contributed by atoms with Gasteiger partial charge in [-0.05, 0) is 20.8 Å². The molecule has 6 nitrogen and oxygen atoms in total. The normalized spacial score (nSPS) is 13.9. The fourth-order valence-corrected chi connectivity index (χ4v) is 0.415. The number of carbonyl (C=O) groups excluding carboxylic acids is 1. The van der Waals surface area contributed by atoms with E-state index in [-0.39, 0.29) is 11.6 Å². The summed E-state index contributed by atoms with van der Waals surface area (Å²) in [6.07, 6.45) is 0. The standard InChI is InChI=1S/C4H11N.C3H6N2O.C2H8N2/c1-4(2,3)5;6-3-4-1-2-5-3;3-1-2-4/h5H2,1-3H3;1-2H2,(H2,4,5,6);1-4H2. The van der Waals surface area contributed by atoms with Gasteiger partial charge in [-0.15, -0.1) is 0 Å². The lowest BCUT2D eigenvalue weighted by Crippen LogP contribution is -2.26. The summed E-state index contributed by atoms with van der Waals surface area (Å²) >= 11 is 0. The maximum absolute atomic E-state index is 10.0. The van der Waals surface area contributed by atoms with Crippen molar-refractivity contribution in [1.29, 1.82) is 0 Å². The molecule has 1 aliphatic heterocycles. The Kier molecular flexibility index (Phi) is 10.7. The summed E-state index contributed by atoms with van der Waals surface area (Å²) in [5.41, 5.74) is 15.2. The van der Waals surface area contributed by atoms with Crippen LogP contribution in [0.25, 0.3) is 0 Å². The van der Waals surface area contributed by atoms with E-state index in [4.69, 9.17) is 17.2 Å². The summed E-state index contributed by atoms with van der Waals surface area (Å²) in [5, 5.41) is 5.14. The van der Waals surface area contributed by atoms with Crippen molar-refractivity contribution in [3.8, 4) is 0 Å². The molecule has 0 unspecified atom stereocenters. The van der Waals surface area contributed by atoms with Crippen molar-refractivity contribution >= 4 is 6.03 Å². The first-order valence-corrected chi connectivity index (χ1v) is 5.02. The highest BCUT2D eigenvalue weighted by atomic mass is 16.2. The number of nitrogens with two attached hydrogens (primary N) is 3. The molecule has 2 amide bonds. The van der Waals surface area contributed by atoms with Crippen molar-refractivity contribution < 1.29 is 4.79 Å². The van der Waals surface area contributed by atoms with Gasteiger partial charge in [0.1, 0.15) is 0 Å². The molecule has 1 heterocycles.